The van der Waals surface area contributed by atoms with Gasteiger partial charge < -0.3 is 16.0 Å². The molecule has 3 amide bonds. The Kier molecular flexibility index (Phi) is 4.77. The zero-order valence-electron chi connectivity index (χ0n) is 13.6. The van der Waals surface area contributed by atoms with E-state index < -0.39 is 29.2 Å². The van der Waals surface area contributed by atoms with Crippen molar-refractivity contribution in [3.05, 3.63) is 35.4 Å². The number of rotatable bonds is 4. The first-order valence-electron chi connectivity index (χ1n) is 7.53. The van der Waals surface area contributed by atoms with E-state index >= 15 is 0 Å². The van der Waals surface area contributed by atoms with Crippen molar-refractivity contribution in [1.82, 2.24) is 16.0 Å². The third kappa shape index (κ3) is 3.98. The van der Waals surface area contributed by atoms with Gasteiger partial charge in [0.15, 0.2) is 0 Å². The Morgan fingerprint density at radius 3 is 2.38 bits per heavy atom. The fourth-order valence-corrected chi connectivity index (χ4v) is 2.53. The molecule has 0 spiro atoms. The maximum Gasteiger partial charge on any atom is 0.416 e. The van der Waals surface area contributed by atoms with Crippen LogP contribution in [0.25, 0.3) is 0 Å². The second-order valence-electron chi connectivity index (χ2n) is 6.34. The number of alkyl halides is 3. The normalized spacial score (nSPS) is 20.2. The van der Waals surface area contributed by atoms with Crippen LogP contribution in [0.4, 0.5) is 18.0 Å². The first-order chi connectivity index (χ1) is 11.1. The van der Waals surface area contributed by atoms with Gasteiger partial charge in [-0.2, -0.15) is 13.2 Å². The number of halogens is 3. The lowest BCUT2D eigenvalue weighted by molar-refractivity contribution is -0.138. The lowest BCUT2D eigenvalue weighted by Crippen LogP contribution is -2.57. The summed E-state index contributed by atoms with van der Waals surface area (Å²) in [6.45, 7) is 3.05. The van der Waals surface area contributed by atoms with Gasteiger partial charge in [0.2, 0.25) is 5.91 Å². The average Bonchev–Trinajstić information content (AvgIpc) is 3.24. The summed E-state index contributed by atoms with van der Waals surface area (Å²) in [7, 11) is 1.42. The second kappa shape index (κ2) is 6.33. The average molecular weight is 343 g/mol. The van der Waals surface area contributed by atoms with Gasteiger partial charge in [-0.15, -0.1) is 0 Å². The standard InChI is InChI=1S/C16H20F3N3O2/c1-15(2,22-14(24)20-3)13(23)21-12-8-10(12)9-6-4-5-7-11(9)16(17,18)19/h4-7,10,12H,8H2,1-3H3,(H,21,23)(H2,20,22,24). The smallest absolute Gasteiger partial charge is 0.351 e. The molecule has 0 bridgehead atoms. The van der Waals surface area contributed by atoms with E-state index in [1.807, 2.05) is 0 Å². The lowest BCUT2D eigenvalue weighted by atomic mass is 10.0. The van der Waals surface area contributed by atoms with Gasteiger partial charge in [-0.1, -0.05) is 18.2 Å². The Morgan fingerprint density at radius 2 is 1.79 bits per heavy atom. The summed E-state index contributed by atoms with van der Waals surface area (Å²) in [4.78, 5) is 23.6. The van der Waals surface area contributed by atoms with Crippen LogP contribution in [0.5, 0.6) is 0 Å². The van der Waals surface area contributed by atoms with Gasteiger partial charge in [0.05, 0.1) is 5.56 Å². The SMILES string of the molecule is CNC(=O)NC(C)(C)C(=O)NC1CC1c1ccccc1C(F)(F)F. The van der Waals surface area contributed by atoms with Crippen molar-refractivity contribution < 1.29 is 22.8 Å². The molecule has 132 valence electrons. The Labute approximate surface area is 138 Å². The van der Waals surface area contributed by atoms with E-state index in [9.17, 15) is 22.8 Å². The zero-order chi connectivity index (χ0) is 18.1. The fraction of sp³-hybridized carbons (Fsp3) is 0.500. The minimum absolute atomic E-state index is 0.187. The maximum absolute atomic E-state index is 13.1. The van der Waals surface area contributed by atoms with Crippen molar-refractivity contribution in [2.75, 3.05) is 7.05 Å². The minimum Gasteiger partial charge on any atom is -0.351 e. The second-order valence-corrected chi connectivity index (χ2v) is 6.34. The molecular formula is C16H20F3N3O2. The summed E-state index contributed by atoms with van der Waals surface area (Å²) in [6, 6.07) is 4.51. The molecule has 1 aliphatic carbocycles. The van der Waals surface area contributed by atoms with Gasteiger partial charge in [-0.05, 0) is 31.9 Å². The van der Waals surface area contributed by atoms with Crippen LogP contribution >= 0.6 is 0 Å². The summed E-state index contributed by atoms with van der Waals surface area (Å²) in [5.41, 5.74) is -1.65. The maximum atomic E-state index is 13.1. The molecule has 2 rings (SSSR count). The molecule has 1 aromatic carbocycles. The van der Waals surface area contributed by atoms with E-state index in [1.54, 1.807) is 6.07 Å². The molecular weight excluding hydrogens is 323 g/mol. The third-order valence-corrected chi connectivity index (χ3v) is 3.99. The van der Waals surface area contributed by atoms with E-state index in [1.165, 1.54) is 33.0 Å². The van der Waals surface area contributed by atoms with Gasteiger partial charge in [0, 0.05) is 19.0 Å². The third-order valence-electron chi connectivity index (χ3n) is 3.99. The molecule has 0 radical (unpaired) electrons. The van der Waals surface area contributed by atoms with E-state index in [4.69, 9.17) is 0 Å². The van der Waals surface area contributed by atoms with Crippen LogP contribution in [0.3, 0.4) is 0 Å². The molecule has 24 heavy (non-hydrogen) atoms. The molecule has 5 nitrogen and oxygen atoms in total. The fourth-order valence-electron chi connectivity index (χ4n) is 2.53. The molecule has 1 saturated carbocycles. The predicted octanol–water partition coefficient (Wildman–Crippen LogP) is 2.39. The molecule has 0 aliphatic heterocycles. The number of hydrogen-bond acceptors (Lipinski definition) is 2. The van der Waals surface area contributed by atoms with Crippen LogP contribution in [0.15, 0.2) is 24.3 Å². The monoisotopic (exact) mass is 343 g/mol. The van der Waals surface area contributed by atoms with Gasteiger partial charge in [-0.25, -0.2) is 4.79 Å². The number of benzene rings is 1. The van der Waals surface area contributed by atoms with Crippen molar-refractivity contribution in [2.24, 2.45) is 0 Å². The number of nitrogens with one attached hydrogen (secondary N) is 3. The highest BCUT2D eigenvalue weighted by atomic mass is 19.4. The summed E-state index contributed by atoms with van der Waals surface area (Å²) in [5, 5.41) is 7.54. The number of hydrogen-bond donors (Lipinski definition) is 3. The number of amides is 3. The summed E-state index contributed by atoms with van der Waals surface area (Å²) < 4.78 is 39.2. The van der Waals surface area contributed by atoms with E-state index in [0.717, 1.165) is 6.07 Å². The van der Waals surface area contributed by atoms with E-state index in [2.05, 4.69) is 16.0 Å². The van der Waals surface area contributed by atoms with Gasteiger partial charge >= 0.3 is 12.2 Å². The highest BCUT2D eigenvalue weighted by molar-refractivity contribution is 5.90. The molecule has 1 aromatic rings. The molecule has 2 unspecified atom stereocenters. The van der Waals surface area contributed by atoms with Crippen molar-refractivity contribution >= 4 is 11.9 Å². The first kappa shape index (κ1) is 18.1. The van der Waals surface area contributed by atoms with Gasteiger partial charge in [-0.3, -0.25) is 4.79 Å². The Morgan fingerprint density at radius 1 is 1.17 bits per heavy atom. The highest BCUT2D eigenvalue weighted by Gasteiger charge is 2.46. The molecule has 2 atom stereocenters. The lowest BCUT2D eigenvalue weighted by Gasteiger charge is -2.25. The van der Waals surface area contributed by atoms with Gasteiger partial charge in [0.25, 0.3) is 0 Å². The number of carbonyl (C=O) groups is 2. The molecule has 8 heteroatoms. The highest BCUT2D eigenvalue weighted by Crippen LogP contribution is 2.46. The quantitative estimate of drug-likeness (QED) is 0.786. The summed E-state index contributed by atoms with van der Waals surface area (Å²) in [5.74, 6) is -0.814. The van der Waals surface area contributed by atoms with Crippen molar-refractivity contribution in [3.8, 4) is 0 Å². The Bertz CT molecular complexity index is 644. The van der Waals surface area contributed by atoms with Crippen molar-refractivity contribution in [2.45, 2.75) is 43.9 Å². The van der Waals surface area contributed by atoms with Crippen LogP contribution in [-0.4, -0.2) is 30.6 Å². The Hall–Kier alpha value is -2.25. The number of carbonyl (C=O) groups excluding carboxylic acids is 2. The predicted molar refractivity (Wildman–Crippen MR) is 82.4 cm³/mol. The van der Waals surface area contributed by atoms with Crippen LogP contribution in [0.1, 0.15) is 37.3 Å². The first-order valence-corrected chi connectivity index (χ1v) is 7.53. The molecule has 3 N–H and O–H groups in total. The van der Waals surface area contributed by atoms with E-state index in [0.29, 0.717) is 6.42 Å². The van der Waals surface area contributed by atoms with Crippen LogP contribution < -0.4 is 16.0 Å². The summed E-state index contributed by atoms with van der Waals surface area (Å²) in [6.07, 6.45) is -3.98. The molecule has 0 heterocycles. The van der Waals surface area contributed by atoms with E-state index in [-0.39, 0.29) is 17.5 Å². The van der Waals surface area contributed by atoms with Crippen molar-refractivity contribution in [3.63, 3.8) is 0 Å². The Balaban J connectivity index is 2.04. The largest absolute Gasteiger partial charge is 0.416 e. The van der Waals surface area contributed by atoms with Crippen LogP contribution in [0.2, 0.25) is 0 Å². The topological polar surface area (TPSA) is 70.2 Å². The molecule has 0 aromatic heterocycles. The summed E-state index contributed by atoms with van der Waals surface area (Å²) >= 11 is 0. The minimum atomic E-state index is -4.42. The molecule has 0 saturated heterocycles. The zero-order valence-corrected chi connectivity index (χ0v) is 13.6. The molecule has 1 fully saturated rings. The van der Waals surface area contributed by atoms with Gasteiger partial charge in [0.1, 0.15) is 5.54 Å². The van der Waals surface area contributed by atoms with Crippen LogP contribution in [0, 0.1) is 0 Å². The van der Waals surface area contributed by atoms with Crippen molar-refractivity contribution in [1.29, 1.82) is 0 Å². The van der Waals surface area contributed by atoms with Crippen LogP contribution in [-0.2, 0) is 11.0 Å². The molecule has 1 aliphatic rings. The number of urea groups is 1.